The molecule has 1 N–H and O–H groups in total. The van der Waals surface area contributed by atoms with E-state index in [1.165, 1.54) is 32.4 Å². The molecule has 0 aromatic heterocycles. The number of rotatable bonds is 2. The highest BCUT2D eigenvalue weighted by atomic mass is 14.9. The summed E-state index contributed by atoms with van der Waals surface area (Å²) in [7, 11) is 0. The van der Waals surface area contributed by atoms with E-state index in [0.717, 1.165) is 29.1 Å². The van der Waals surface area contributed by atoms with E-state index in [1.54, 1.807) is 44.9 Å². The van der Waals surface area contributed by atoms with Crippen molar-refractivity contribution in [3.63, 3.8) is 0 Å². The predicted molar refractivity (Wildman–Crippen MR) is 75.4 cm³/mol. The van der Waals surface area contributed by atoms with Crippen LogP contribution >= 0.6 is 0 Å². The monoisotopic (exact) mass is 247 g/mol. The lowest BCUT2D eigenvalue weighted by molar-refractivity contribution is -0.0654. The lowest BCUT2D eigenvalue weighted by Gasteiger charge is -2.57. The zero-order valence-corrected chi connectivity index (χ0v) is 11.8. The smallest absolute Gasteiger partial charge is 0.00203 e. The Labute approximate surface area is 112 Å². The third-order valence-electron chi connectivity index (χ3n) is 6.54. The Balaban J connectivity index is 1.46. The van der Waals surface area contributed by atoms with E-state index < -0.39 is 0 Å². The molecule has 1 saturated heterocycles. The van der Waals surface area contributed by atoms with Crippen LogP contribution in [0, 0.1) is 29.1 Å². The fourth-order valence-corrected chi connectivity index (χ4v) is 6.42. The molecule has 1 atom stereocenters. The fraction of sp³-hybridized carbons (Fsp3) is 1.00. The molecule has 18 heavy (non-hydrogen) atoms. The lowest BCUT2D eigenvalue weighted by Crippen LogP contribution is -2.47. The third kappa shape index (κ3) is 2.13. The average molecular weight is 247 g/mol. The van der Waals surface area contributed by atoms with Gasteiger partial charge in [0.15, 0.2) is 0 Å². The van der Waals surface area contributed by atoms with E-state index in [4.69, 9.17) is 0 Å². The summed E-state index contributed by atoms with van der Waals surface area (Å²) in [6.07, 6.45) is 15.6. The molecule has 0 aromatic rings. The normalized spacial score (nSPS) is 51.3. The molecule has 1 heteroatoms. The van der Waals surface area contributed by atoms with Crippen LogP contribution in [0.2, 0.25) is 0 Å². The van der Waals surface area contributed by atoms with E-state index in [2.05, 4.69) is 5.32 Å². The van der Waals surface area contributed by atoms with Crippen LogP contribution in [0.15, 0.2) is 0 Å². The van der Waals surface area contributed by atoms with E-state index in [-0.39, 0.29) is 0 Å². The lowest BCUT2D eigenvalue weighted by atomic mass is 9.48. The minimum Gasteiger partial charge on any atom is -0.316 e. The van der Waals surface area contributed by atoms with Gasteiger partial charge in [0, 0.05) is 0 Å². The molecular formula is C17H29N. The van der Waals surface area contributed by atoms with Crippen molar-refractivity contribution in [2.24, 2.45) is 29.1 Å². The topological polar surface area (TPSA) is 12.0 Å². The van der Waals surface area contributed by atoms with Gasteiger partial charge in [-0.15, -0.1) is 0 Å². The van der Waals surface area contributed by atoms with Crippen molar-refractivity contribution in [1.82, 2.24) is 5.32 Å². The predicted octanol–water partition coefficient (Wildman–Crippen LogP) is 3.98. The van der Waals surface area contributed by atoms with E-state index in [9.17, 15) is 0 Å². The van der Waals surface area contributed by atoms with Gasteiger partial charge >= 0.3 is 0 Å². The van der Waals surface area contributed by atoms with E-state index in [0.29, 0.717) is 0 Å². The summed E-state index contributed by atoms with van der Waals surface area (Å²) in [5.41, 5.74) is 0.811. The third-order valence-corrected chi connectivity index (χ3v) is 6.54. The molecule has 5 rings (SSSR count). The minimum absolute atomic E-state index is 0.811. The average Bonchev–Trinajstić information content (AvgIpc) is 2.55. The van der Waals surface area contributed by atoms with Gasteiger partial charge in [0.25, 0.3) is 0 Å². The first-order valence-corrected chi connectivity index (χ1v) is 8.52. The standard InChI is InChI=1S/C17H29N/c1-2-4-18-12-13(3-1)8-17-9-14-5-15(10-17)7-16(6-14)11-17/h13-16,18H,1-12H2. The van der Waals surface area contributed by atoms with Crippen LogP contribution < -0.4 is 5.32 Å². The second-order valence-electron chi connectivity index (χ2n) is 8.19. The molecule has 0 amide bonds. The Bertz CT molecular complexity index is 265. The number of nitrogens with one attached hydrogen (secondary N) is 1. The van der Waals surface area contributed by atoms with Crippen LogP contribution in [0.5, 0.6) is 0 Å². The van der Waals surface area contributed by atoms with Gasteiger partial charge in [0.2, 0.25) is 0 Å². The summed E-state index contributed by atoms with van der Waals surface area (Å²) < 4.78 is 0. The van der Waals surface area contributed by atoms with Gasteiger partial charge in [-0.3, -0.25) is 0 Å². The summed E-state index contributed by atoms with van der Waals surface area (Å²) in [4.78, 5) is 0. The maximum absolute atomic E-state index is 3.68. The first-order chi connectivity index (χ1) is 8.81. The van der Waals surface area contributed by atoms with Crippen LogP contribution in [0.1, 0.15) is 64.2 Å². The Kier molecular flexibility index (Phi) is 2.94. The summed E-state index contributed by atoms with van der Waals surface area (Å²) in [5, 5.41) is 3.68. The Morgan fingerprint density at radius 2 is 1.56 bits per heavy atom. The van der Waals surface area contributed by atoms with E-state index >= 15 is 0 Å². The maximum atomic E-state index is 3.68. The summed E-state index contributed by atoms with van der Waals surface area (Å²) in [6, 6.07) is 0. The van der Waals surface area contributed by atoms with Crippen molar-refractivity contribution in [2.45, 2.75) is 64.2 Å². The highest BCUT2D eigenvalue weighted by Crippen LogP contribution is 2.62. The Hall–Kier alpha value is -0.0400. The van der Waals surface area contributed by atoms with Crippen molar-refractivity contribution < 1.29 is 0 Å². The molecule has 1 aliphatic heterocycles. The molecule has 0 radical (unpaired) electrons. The van der Waals surface area contributed by atoms with Gasteiger partial charge in [0.1, 0.15) is 0 Å². The molecular weight excluding hydrogens is 218 g/mol. The van der Waals surface area contributed by atoms with Crippen LogP contribution in [0.25, 0.3) is 0 Å². The van der Waals surface area contributed by atoms with Gasteiger partial charge in [-0.1, -0.05) is 6.42 Å². The van der Waals surface area contributed by atoms with Crippen LogP contribution in [0.4, 0.5) is 0 Å². The Morgan fingerprint density at radius 1 is 0.889 bits per heavy atom. The van der Waals surface area contributed by atoms with E-state index in [1.807, 2.05) is 0 Å². The zero-order chi connectivity index (χ0) is 12.0. The maximum Gasteiger partial charge on any atom is -0.00203 e. The van der Waals surface area contributed by atoms with Crippen molar-refractivity contribution in [2.75, 3.05) is 13.1 Å². The quantitative estimate of drug-likeness (QED) is 0.778. The molecule has 4 saturated carbocycles. The molecule has 4 aliphatic carbocycles. The second-order valence-corrected chi connectivity index (χ2v) is 8.19. The van der Waals surface area contributed by atoms with Crippen molar-refractivity contribution in [3.8, 4) is 0 Å². The highest BCUT2D eigenvalue weighted by molar-refractivity contribution is 5.02. The molecule has 1 unspecified atom stereocenters. The largest absolute Gasteiger partial charge is 0.316 e. The fourth-order valence-electron chi connectivity index (χ4n) is 6.42. The molecule has 1 heterocycles. The summed E-state index contributed by atoms with van der Waals surface area (Å²) >= 11 is 0. The first-order valence-electron chi connectivity index (χ1n) is 8.52. The second kappa shape index (κ2) is 4.51. The van der Waals surface area contributed by atoms with Gasteiger partial charge in [-0.05, 0) is 100.0 Å². The van der Waals surface area contributed by atoms with Crippen LogP contribution in [-0.4, -0.2) is 13.1 Å². The van der Waals surface area contributed by atoms with Gasteiger partial charge in [-0.25, -0.2) is 0 Å². The molecule has 0 aromatic carbocycles. The summed E-state index contributed by atoms with van der Waals surface area (Å²) in [6.45, 7) is 2.60. The molecule has 5 aliphatic rings. The number of hydrogen-bond acceptors (Lipinski definition) is 1. The molecule has 4 bridgehead atoms. The van der Waals surface area contributed by atoms with Gasteiger partial charge < -0.3 is 5.32 Å². The van der Waals surface area contributed by atoms with Crippen molar-refractivity contribution in [3.05, 3.63) is 0 Å². The molecule has 102 valence electrons. The summed E-state index contributed by atoms with van der Waals surface area (Å²) in [5.74, 6) is 4.41. The zero-order valence-electron chi connectivity index (χ0n) is 11.8. The number of hydrogen-bond donors (Lipinski definition) is 1. The SMILES string of the molecule is C1CCC(CC23CC4CC(CC(C4)C2)C3)CNC1. The first kappa shape index (κ1) is 11.8. The Morgan fingerprint density at radius 3 is 2.22 bits per heavy atom. The molecule has 0 spiro atoms. The van der Waals surface area contributed by atoms with Crippen LogP contribution in [0.3, 0.4) is 0 Å². The highest BCUT2D eigenvalue weighted by Gasteiger charge is 2.51. The van der Waals surface area contributed by atoms with Crippen LogP contribution in [-0.2, 0) is 0 Å². The van der Waals surface area contributed by atoms with Crippen molar-refractivity contribution in [1.29, 1.82) is 0 Å². The minimum atomic E-state index is 0.811. The van der Waals surface area contributed by atoms with Crippen molar-refractivity contribution >= 4 is 0 Å². The molecule has 1 nitrogen and oxygen atoms in total. The van der Waals surface area contributed by atoms with Gasteiger partial charge in [0.05, 0.1) is 0 Å². The van der Waals surface area contributed by atoms with Gasteiger partial charge in [-0.2, -0.15) is 0 Å². The molecule has 5 fully saturated rings.